The summed E-state index contributed by atoms with van der Waals surface area (Å²) in [5, 5.41) is 9.00. The SMILES string of the molecule is Oc1cccc(OC(F)(F)F)c1Br. The second kappa shape index (κ2) is 3.45. The zero-order valence-electron chi connectivity index (χ0n) is 6.10. The third-order valence-electron chi connectivity index (χ3n) is 1.17. The topological polar surface area (TPSA) is 29.5 Å². The van der Waals surface area contributed by atoms with Crippen LogP contribution in [0.3, 0.4) is 0 Å². The lowest BCUT2D eigenvalue weighted by atomic mass is 10.3. The van der Waals surface area contributed by atoms with Crippen molar-refractivity contribution in [1.29, 1.82) is 0 Å². The van der Waals surface area contributed by atoms with Crippen molar-refractivity contribution in [1.82, 2.24) is 0 Å². The number of rotatable bonds is 1. The number of hydrogen-bond donors (Lipinski definition) is 1. The van der Waals surface area contributed by atoms with E-state index in [9.17, 15) is 13.2 Å². The molecule has 0 bridgehead atoms. The van der Waals surface area contributed by atoms with Crippen molar-refractivity contribution in [3.05, 3.63) is 22.7 Å². The highest BCUT2D eigenvalue weighted by Gasteiger charge is 2.32. The summed E-state index contributed by atoms with van der Waals surface area (Å²) in [6.45, 7) is 0. The molecule has 1 aromatic carbocycles. The second-order valence-corrected chi connectivity index (χ2v) is 2.93. The first-order valence-electron chi connectivity index (χ1n) is 3.13. The third kappa shape index (κ3) is 2.80. The van der Waals surface area contributed by atoms with Crippen LogP contribution in [0.1, 0.15) is 0 Å². The first-order valence-corrected chi connectivity index (χ1v) is 3.92. The largest absolute Gasteiger partial charge is 0.573 e. The van der Waals surface area contributed by atoms with Crippen LogP contribution in [0.25, 0.3) is 0 Å². The molecule has 0 saturated carbocycles. The Kier molecular flexibility index (Phi) is 2.70. The van der Waals surface area contributed by atoms with E-state index in [4.69, 9.17) is 5.11 Å². The Morgan fingerprint density at radius 2 is 1.92 bits per heavy atom. The van der Waals surface area contributed by atoms with Crippen LogP contribution in [0.15, 0.2) is 22.7 Å². The van der Waals surface area contributed by atoms with Gasteiger partial charge in [0.1, 0.15) is 16.0 Å². The van der Waals surface area contributed by atoms with Gasteiger partial charge in [-0.25, -0.2) is 0 Å². The molecule has 1 N–H and O–H groups in total. The molecule has 0 amide bonds. The molecule has 1 aromatic rings. The molecule has 0 aliphatic carbocycles. The smallest absolute Gasteiger partial charge is 0.507 e. The quantitative estimate of drug-likeness (QED) is 0.837. The van der Waals surface area contributed by atoms with E-state index in [0.717, 1.165) is 6.07 Å². The summed E-state index contributed by atoms with van der Waals surface area (Å²) in [4.78, 5) is 0. The molecule has 72 valence electrons. The van der Waals surface area contributed by atoms with Crippen LogP contribution in [-0.2, 0) is 0 Å². The maximum Gasteiger partial charge on any atom is 0.573 e. The molecule has 13 heavy (non-hydrogen) atoms. The van der Waals surface area contributed by atoms with Crippen molar-refractivity contribution in [2.45, 2.75) is 6.36 Å². The van der Waals surface area contributed by atoms with Gasteiger partial charge < -0.3 is 9.84 Å². The number of ether oxygens (including phenoxy) is 1. The van der Waals surface area contributed by atoms with Gasteiger partial charge in [0.05, 0.1) is 0 Å². The molecule has 0 heterocycles. The Morgan fingerprint density at radius 3 is 2.46 bits per heavy atom. The van der Waals surface area contributed by atoms with Crippen molar-refractivity contribution < 1.29 is 23.0 Å². The Bertz CT molecular complexity index is 311. The van der Waals surface area contributed by atoms with Crippen LogP contribution in [0.2, 0.25) is 0 Å². The van der Waals surface area contributed by atoms with Crippen LogP contribution in [0.4, 0.5) is 13.2 Å². The minimum absolute atomic E-state index is 0.118. The molecule has 0 spiro atoms. The van der Waals surface area contributed by atoms with Crippen LogP contribution in [0, 0.1) is 0 Å². The highest BCUT2D eigenvalue weighted by Crippen LogP contribution is 2.35. The second-order valence-electron chi connectivity index (χ2n) is 2.14. The van der Waals surface area contributed by atoms with Crippen molar-refractivity contribution in [2.75, 3.05) is 0 Å². The zero-order chi connectivity index (χ0) is 10.1. The Hall–Kier alpha value is -0.910. The first kappa shape index (κ1) is 10.2. The van der Waals surface area contributed by atoms with Crippen molar-refractivity contribution in [3.63, 3.8) is 0 Å². The molecule has 0 aliphatic rings. The van der Waals surface area contributed by atoms with Crippen LogP contribution in [0.5, 0.6) is 11.5 Å². The highest BCUT2D eigenvalue weighted by molar-refractivity contribution is 9.10. The van der Waals surface area contributed by atoms with Crippen molar-refractivity contribution >= 4 is 15.9 Å². The van der Waals surface area contributed by atoms with Gasteiger partial charge in [-0.3, -0.25) is 0 Å². The summed E-state index contributed by atoms with van der Waals surface area (Å²) in [6, 6.07) is 3.59. The van der Waals surface area contributed by atoms with Gasteiger partial charge in [0.2, 0.25) is 0 Å². The van der Waals surface area contributed by atoms with E-state index in [-0.39, 0.29) is 10.2 Å². The van der Waals surface area contributed by atoms with Crippen molar-refractivity contribution in [2.24, 2.45) is 0 Å². The predicted molar refractivity (Wildman–Crippen MR) is 42.5 cm³/mol. The standard InChI is InChI=1S/C7H4BrF3O2/c8-6-4(12)2-1-3-5(6)13-7(9,10)11/h1-3,12H. The maximum absolute atomic E-state index is 11.7. The number of phenolic OH excluding ortho intramolecular Hbond substituents is 1. The lowest BCUT2D eigenvalue weighted by Crippen LogP contribution is -2.17. The highest BCUT2D eigenvalue weighted by atomic mass is 79.9. The van der Waals surface area contributed by atoms with Crippen LogP contribution < -0.4 is 4.74 Å². The number of phenols is 1. The summed E-state index contributed by atoms with van der Waals surface area (Å²) < 4.78 is 38.7. The van der Waals surface area contributed by atoms with Gasteiger partial charge >= 0.3 is 6.36 Å². The monoisotopic (exact) mass is 256 g/mol. The lowest BCUT2D eigenvalue weighted by molar-refractivity contribution is -0.274. The zero-order valence-corrected chi connectivity index (χ0v) is 7.69. The Labute approximate surface area is 80.1 Å². The molecular weight excluding hydrogens is 253 g/mol. The van der Waals surface area contributed by atoms with E-state index in [2.05, 4.69) is 20.7 Å². The molecule has 0 saturated heterocycles. The fourth-order valence-corrected chi connectivity index (χ4v) is 1.05. The van der Waals surface area contributed by atoms with Gasteiger partial charge in [-0.15, -0.1) is 13.2 Å². The summed E-state index contributed by atoms with van der Waals surface area (Å²) in [7, 11) is 0. The summed E-state index contributed by atoms with van der Waals surface area (Å²) in [5.41, 5.74) is 0. The van der Waals surface area contributed by atoms with Gasteiger partial charge in [0, 0.05) is 0 Å². The van der Waals surface area contributed by atoms with E-state index in [1.54, 1.807) is 0 Å². The fraction of sp³-hybridized carbons (Fsp3) is 0.143. The van der Waals surface area contributed by atoms with E-state index >= 15 is 0 Å². The molecule has 2 nitrogen and oxygen atoms in total. The van der Waals surface area contributed by atoms with E-state index in [0.29, 0.717) is 0 Å². The average molecular weight is 257 g/mol. The lowest BCUT2D eigenvalue weighted by Gasteiger charge is -2.10. The number of hydrogen-bond acceptors (Lipinski definition) is 2. The molecule has 6 heteroatoms. The summed E-state index contributed by atoms with van der Waals surface area (Å²) in [6.07, 6.45) is -4.75. The number of benzene rings is 1. The van der Waals surface area contributed by atoms with E-state index in [1.165, 1.54) is 12.1 Å². The van der Waals surface area contributed by atoms with E-state index in [1.807, 2.05) is 0 Å². The van der Waals surface area contributed by atoms with Crippen molar-refractivity contribution in [3.8, 4) is 11.5 Å². The molecule has 0 aromatic heterocycles. The number of aromatic hydroxyl groups is 1. The first-order chi connectivity index (χ1) is 5.90. The Morgan fingerprint density at radius 1 is 1.31 bits per heavy atom. The van der Waals surface area contributed by atoms with Gasteiger partial charge in [0.15, 0.2) is 0 Å². The average Bonchev–Trinajstić information content (AvgIpc) is 1.96. The third-order valence-corrected chi connectivity index (χ3v) is 1.97. The van der Waals surface area contributed by atoms with E-state index < -0.39 is 12.1 Å². The molecule has 0 aliphatic heterocycles. The van der Waals surface area contributed by atoms with Crippen LogP contribution in [-0.4, -0.2) is 11.5 Å². The van der Waals surface area contributed by atoms with Gasteiger partial charge in [-0.1, -0.05) is 6.07 Å². The molecule has 0 radical (unpaired) electrons. The van der Waals surface area contributed by atoms with Gasteiger partial charge in [-0.2, -0.15) is 0 Å². The Balaban J connectivity index is 2.96. The van der Waals surface area contributed by atoms with Gasteiger partial charge in [0.25, 0.3) is 0 Å². The molecule has 0 fully saturated rings. The summed E-state index contributed by atoms with van der Waals surface area (Å²) >= 11 is 2.76. The minimum Gasteiger partial charge on any atom is -0.507 e. The van der Waals surface area contributed by atoms with Gasteiger partial charge in [-0.05, 0) is 28.1 Å². The number of halogens is 4. The van der Waals surface area contributed by atoms with Crippen LogP contribution >= 0.6 is 15.9 Å². The summed E-state index contributed by atoms with van der Waals surface area (Å²) in [5.74, 6) is -0.769. The molecule has 0 atom stereocenters. The molecular formula is C7H4BrF3O2. The number of alkyl halides is 3. The normalized spacial score (nSPS) is 11.4. The maximum atomic E-state index is 11.7. The predicted octanol–water partition coefficient (Wildman–Crippen LogP) is 3.05. The fourth-order valence-electron chi connectivity index (χ4n) is 0.703. The molecule has 0 unspecified atom stereocenters. The molecule has 1 rings (SSSR count). The minimum atomic E-state index is -4.75.